The van der Waals surface area contributed by atoms with Crippen LogP contribution in [0.15, 0.2) is 18.2 Å². The van der Waals surface area contributed by atoms with Gasteiger partial charge in [0.25, 0.3) is 0 Å². The zero-order valence-electron chi connectivity index (χ0n) is 14.6. The molecule has 2 nitrogen and oxygen atoms in total. The molecule has 2 aliphatic rings. The molecule has 2 aliphatic heterocycles. The molecule has 22 heavy (non-hydrogen) atoms. The first kappa shape index (κ1) is 16.0. The molecule has 0 saturated carbocycles. The van der Waals surface area contributed by atoms with Crippen LogP contribution in [0.5, 0.6) is 0 Å². The van der Waals surface area contributed by atoms with Gasteiger partial charge in [-0.15, -0.1) is 0 Å². The number of rotatable bonds is 3. The highest BCUT2D eigenvalue weighted by Crippen LogP contribution is 2.32. The molecule has 0 aromatic heterocycles. The van der Waals surface area contributed by atoms with E-state index in [1.807, 2.05) is 0 Å². The van der Waals surface area contributed by atoms with Gasteiger partial charge >= 0.3 is 0 Å². The minimum absolute atomic E-state index is 0.786. The molecule has 2 heteroatoms. The number of likely N-dealkylation sites (tertiary alicyclic amines) is 2. The van der Waals surface area contributed by atoms with E-state index >= 15 is 0 Å². The van der Waals surface area contributed by atoms with Crippen LogP contribution in [0.4, 0.5) is 0 Å². The first-order chi connectivity index (χ1) is 10.6. The molecule has 2 saturated heterocycles. The van der Waals surface area contributed by atoms with Gasteiger partial charge in [0.15, 0.2) is 0 Å². The predicted octanol–water partition coefficient (Wildman–Crippen LogP) is 3.82. The summed E-state index contributed by atoms with van der Waals surface area (Å²) >= 11 is 0. The number of hydrogen-bond acceptors (Lipinski definition) is 2. The Labute approximate surface area is 136 Å². The molecule has 3 rings (SSSR count). The Bertz CT molecular complexity index is 480. The first-order valence-electron chi connectivity index (χ1n) is 9.10. The van der Waals surface area contributed by atoms with Gasteiger partial charge in [-0.05, 0) is 101 Å². The van der Waals surface area contributed by atoms with Crippen LogP contribution in [0.1, 0.15) is 48.3 Å². The van der Waals surface area contributed by atoms with E-state index in [4.69, 9.17) is 0 Å². The van der Waals surface area contributed by atoms with Crippen molar-refractivity contribution in [2.45, 2.75) is 45.4 Å². The zero-order valence-corrected chi connectivity index (χ0v) is 14.6. The van der Waals surface area contributed by atoms with Crippen LogP contribution in [0.2, 0.25) is 0 Å². The molecule has 0 N–H and O–H groups in total. The Kier molecular flexibility index (Phi) is 5.20. The third kappa shape index (κ3) is 3.72. The Balaban J connectivity index is 1.51. The second kappa shape index (κ2) is 7.14. The van der Waals surface area contributed by atoms with Crippen molar-refractivity contribution in [1.29, 1.82) is 0 Å². The first-order valence-corrected chi connectivity index (χ1v) is 9.10. The van der Waals surface area contributed by atoms with E-state index in [9.17, 15) is 0 Å². The van der Waals surface area contributed by atoms with E-state index in [1.54, 1.807) is 5.56 Å². The average Bonchev–Trinajstić information content (AvgIpc) is 2.53. The SMILES string of the molecule is Cc1cccc(C2CCN(CC3CCN(C)CC3)CC2)c1C. The standard InChI is InChI=1S/C20H32N2/c1-16-5-4-6-20(17(16)2)19-9-13-22(14-10-19)15-18-7-11-21(3)12-8-18/h4-6,18-19H,7-15H2,1-3H3. The summed E-state index contributed by atoms with van der Waals surface area (Å²) in [5.41, 5.74) is 4.58. The van der Waals surface area contributed by atoms with Crippen LogP contribution in [0.3, 0.4) is 0 Å². The molecule has 0 amide bonds. The molecule has 0 spiro atoms. The Morgan fingerprint density at radius 1 is 0.955 bits per heavy atom. The summed E-state index contributed by atoms with van der Waals surface area (Å²) in [6.45, 7) is 11.1. The van der Waals surface area contributed by atoms with E-state index < -0.39 is 0 Å². The monoisotopic (exact) mass is 300 g/mol. The van der Waals surface area contributed by atoms with Crippen LogP contribution in [0, 0.1) is 19.8 Å². The lowest BCUT2D eigenvalue weighted by Crippen LogP contribution is -2.40. The normalized spacial score (nSPS) is 23.0. The van der Waals surface area contributed by atoms with Crippen LogP contribution in [0.25, 0.3) is 0 Å². The molecule has 1 aromatic rings. The van der Waals surface area contributed by atoms with Gasteiger partial charge in [-0.25, -0.2) is 0 Å². The minimum atomic E-state index is 0.786. The fourth-order valence-electron chi connectivity index (χ4n) is 4.25. The molecule has 0 radical (unpaired) electrons. The van der Waals surface area contributed by atoms with Crippen molar-refractivity contribution in [1.82, 2.24) is 9.80 Å². The van der Waals surface area contributed by atoms with Crippen molar-refractivity contribution in [3.8, 4) is 0 Å². The third-order valence-electron chi connectivity index (χ3n) is 6.03. The van der Waals surface area contributed by atoms with Gasteiger partial charge in [0, 0.05) is 6.54 Å². The van der Waals surface area contributed by atoms with Gasteiger partial charge in [-0.3, -0.25) is 0 Å². The van der Waals surface area contributed by atoms with Gasteiger partial charge in [-0.2, -0.15) is 0 Å². The second-order valence-electron chi connectivity index (χ2n) is 7.61. The largest absolute Gasteiger partial charge is 0.306 e. The lowest BCUT2D eigenvalue weighted by atomic mass is 9.85. The lowest BCUT2D eigenvalue weighted by molar-refractivity contribution is 0.139. The van der Waals surface area contributed by atoms with Gasteiger partial charge in [0.2, 0.25) is 0 Å². The van der Waals surface area contributed by atoms with E-state index in [0.29, 0.717) is 0 Å². The van der Waals surface area contributed by atoms with E-state index in [0.717, 1.165) is 11.8 Å². The molecule has 2 fully saturated rings. The van der Waals surface area contributed by atoms with Crippen molar-refractivity contribution in [2.75, 3.05) is 39.8 Å². The van der Waals surface area contributed by atoms with Crippen molar-refractivity contribution in [3.05, 3.63) is 34.9 Å². The van der Waals surface area contributed by atoms with Crippen molar-refractivity contribution in [2.24, 2.45) is 5.92 Å². The Hall–Kier alpha value is -0.860. The highest BCUT2D eigenvalue weighted by Gasteiger charge is 2.25. The molecule has 1 aromatic carbocycles. The van der Waals surface area contributed by atoms with Crippen molar-refractivity contribution >= 4 is 0 Å². The van der Waals surface area contributed by atoms with Crippen LogP contribution in [-0.2, 0) is 0 Å². The Morgan fingerprint density at radius 3 is 2.32 bits per heavy atom. The van der Waals surface area contributed by atoms with E-state index in [2.05, 4.69) is 48.9 Å². The van der Waals surface area contributed by atoms with Crippen molar-refractivity contribution in [3.63, 3.8) is 0 Å². The number of nitrogens with zero attached hydrogens (tertiary/aromatic N) is 2. The molecule has 0 unspecified atom stereocenters. The molecule has 0 aliphatic carbocycles. The lowest BCUT2D eigenvalue weighted by Gasteiger charge is -2.37. The number of piperidine rings is 2. The maximum atomic E-state index is 2.73. The number of hydrogen-bond donors (Lipinski definition) is 0. The van der Waals surface area contributed by atoms with Gasteiger partial charge in [-0.1, -0.05) is 18.2 Å². The Morgan fingerprint density at radius 2 is 1.64 bits per heavy atom. The molecule has 122 valence electrons. The summed E-state index contributed by atoms with van der Waals surface area (Å²) in [4.78, 5) is 5.21. The van der Waals surface area contributed by atoms with Gasteiger partial charge < -0.3 is 9.80 Å². The predicted molar refractivity (Wildman–Crippen MR) is 94.6 cm³/mol. The third-order valence-corrected chi connectivity index (χ3v) is 6.03. The van der Waals surface area contributed by atoms with Crippen LogP contribution < -0.4 is 0 Å². The molecule has 0 atom stereocenters. The van der Waals surface area contributed by atoms with Crippen LogP contribution in [-0.4, -0.2) is 49.6 Å². The summed E-state index contributed by atoms with van der Waals surface area (Å²) in [6.07, 6.45) is 5.48. The maximum absolute atomic E-state index is 2.73. The molecular weight excluding hydrogens is 268 g/mol. The zero-order chi connectivity index (χ0) is 15.5. The second-order valence-corrected chi connectivity index (χ2v) is 7.61. The molecule has 2 heterocycles. The fraction of sp³-hybridized carbons (Fsp3) is 0.700. The minimum Gasteiger partial charge on any atom is -0.306 e. The number of benzene rings is 1. The topological polar surface area (TPSA) is 6.48 Å². The molecular formula is C20H32N2. The maximum Gasteiger partial charge on any atom is 0.00106 e. The quantitative estimate of drug-likeness (QED) is 0.837. The summed E-state index contributed by atoms with van der Waals surface area (Å²) in [6, 6.07) is 6.84. The summed E-state index contributed by atoms with van der Waals surface area (Å²) in [5.74, 6) is 1.72. The van der Waals surface area contributed by atoms with Gasteiger partial charge in [0.1, 0.15) is 0 Å². The van der Waals surface area contributed by atoms with Gasteiger partial charge in [0.05, 0.1) is 0 Å². The highest BCUT2D eigenvalue weighted by molar-refractivity contribution is 5.35. The fourth-order valence-corrected chi connectivity index (χ4v) is 4.25. The smallest absolute Gasteiger partial charge is 0.00106 e. The molecule has 0 bridgehead atoms. The highest BCUT2D eigenvalue weighted by atomic mass is 15.1. The average molecular weight is 300 g/mol. The van der Waals surface area contributed by atoms with E-state index in [-0.39, 0.29) is 0 Å². The van der Waals surface area contributed by atoms with E-state index in [1.165, 1.54) is 69.5 Å². The van der Waals surface area contributed by atoms with Crippen LogP contribution >= 0.6 is 0 Å². The summed E-state index contributed by atoms with van der Waals surface area (Å²) < 4.78 is 0. The summed E-state index contributed by atoms with van der Waals surface area (Å²) in [5, 5.41) is 0. The van der Waals surface area contributed by atoms with Crippen molar-refractivity contribution < 1.29 is 0 Å². The number of aryl methyl sites for hydroxylation is 1. The summed E-state index contributed by atoms with van der Waals surface area (Å²) in [7, 11) is 2.26.